The normalized spacial score (nSPS) is 12.8. The molecule has 1 aromatic heterocycles. The molecule has 0 aliphatic heterocycles. The molecule has 0 saturated carbocycles. The lowest BCUT2D eigenvalue weighted by atomic mass is 10.1. The molecule has 112 valence electrons. The summed E-state index contributed by atoms with van der Waals surface area (Å²) in [5.74, 6) is -0.774. The number of amides is 1. The number of H-pyrrole nitrogens is 1. The van der Waals surface area contributed by atoms with Gasteiger partial charge < -0.3 is 10.1 Å². The standard InChI is InChI=1S/C13H12F3N3O2/c1-8(10-6-17-18-7-10)19-12(20)9-2-4-11(5-3-9)21-13(14,15)16/h2-8H,1H3,(H,17,18)(H,19,20). The van der Waals surface area contributed by atoms with Crippen LogP contribution in [0.25, 0.3) is 0 Å². The Morgan fingerprint density at radius 3 is 2.52 bits per heavy atom. The fraction of sp³-hybridized carbons (Fsp3) is 0.231. The second-order valence-corrected chi connectivity index (χ2v) is 4.30. The predicted octanol–water partition coefficient (Wildman–Crippen LogP) is 2.80. The second-order valence-electron chi connectivity index (χ2n) is 4.30. The Kier molecular flexibility index (Phi) is 4.15. The van der Waals surface area contributed by atoms with Crippen LogP contribution in [0, 0.1) is 0 Å². The number of rotatable bonds is 4. The third kappa shape index (κ3) is 4.23. The van der Waals surface area contributed by atoms with E-state index in [1.54, 1.807) is 19.3 Å². The molecule has 0 bridgehead atoms. The van der Waals surface area contributed by atoms with Gasteiger partial charge in [0.1, 0.15) is 5.75 Å². The van der Waals surface area contributed by atoms with Gasteiger partial charge in [-0.3, -0.25) is 9.89 Å². The average Bonchev–Trinajstić information content (AvgIpc) is 2.91. The highest BCUT2D eigenvalue weighted by Gasteiger charge is 2.31. The van der Waals surface area contributed by atoms with Crippen molar-refractivity contribution in [1.82, 2.24) is 15.5 Å². The summed E-state index contributed by atoms with van der Waals surface area (Å²) in [5, 5.41) is 9.10. The fourth-order valence-electron chi connectivity index (χ4n) is 1.67. The first-order valence-corrected chi connectivity index (χ1v) is 6.00. The van der Waals surface area contributed by atoms with Crippen LogP contribution in [0.3, 0.4) is 0 Å². The number of carbonyl (C=O) groups excluding carboxylic acids is 1. The number of nitrogens with one attached hydrogen (secondary N) is 2. The monoisotopic (exact) mass is 299 g/mol. The summed E-state index contributed by atoms with van der Waals surface area (Å²) in [5.41, 5.74) is 1.03. The van der Waals surface area contributed by atoms with Gasteiger partial charge in [-0.2, -0.15) is 5.10 Å². The average molecular weight is 299 g/mol. The van der Waals surface area contributed by atoms with Crippen molar-refractivity contribution >= 4 is 5.91 Å². The maximum Gasteiger partial charge on any atom is 0.573 e. The highest BCUT2D eigenvalue weighted by Crippen LogP contribution is 2.22. The zero-order chi connectivity index (χ0) is 15.5. The van der Waals surface area contributed by atoms with E-state index < -0.39 is 12.3 Å². The molecule has 21 heavy (non-hydrogen) atoms. The Balaban J connectivity index is 2.00. The van der Waals surface area contributed by atoms with Crippen molar-refractivity contribution in [3.05, 3.63) is 47.8 Å². The van der Waals surface area contributed by atoms with E-state index >= 15 is 0 Å². The molecule has 2 N–H and O–H groups in total. The number of aromatic nitrogens is 2. The molecule has 0 fully saturated rings. The molecule has 0 aliphatic carbocycles. The van der Waals surface area contributed by atoms with Crippen molar-refractivity contribution in [2.75, 3.05) is 0 Å². The summed E-state index contributed by atoms with van der Waals surface area (Å²) in [4.78, 5) is 11.9. The van der Waals surface area contributed by atoms with Gasteiger partial charge in [-0.1, -0.05) is 0 Å². The van der Waals surface area contributed by atoms with Crippen molar-refractivity contribution in [2.45, 2.75) is 19.3 Å². The third-order valence-corrected chi connectivity index (χ3v) is 2.72. The fourth-order valence-corrected chi connectivity index (χ4v) is 1.67. The van der Waals surface area contributed by atoms with Crippen LogP contribution in [0.5, 0.6) is 5.75 Å². The number of aromatic amines is 1. The molecule has 8 heteroatoms. The number of halogens is 3. The molecular formula is C13H12F3N3O2. The summed E-state index contributed by atoms with van der Waals surface area (Å²) in [6.07, 6.45) is -1.53. The molecule has 1 heterocycles. The predicted molar refractivity (Wildman–Crippen MR) is 67.6 cm³/mol. The number of ether oxygens (including phenoxy) is 1. The zero-order valence-electron chi connectivity index (χ0n) is 10.9. The maximum absolute atomic E-state index is 12.0. The zero-order valence-corrected chi connectivity index (χ0v) is 10.9. The second kappa shape index (κ2) is 5.86. The van der Waals surface area contributed by atoms with Crippen LogP contribution in [-0.4, -0.2) is 22.5 Å². The van der Waals surface area contributed by atoms with Crippen molar-refractivity contribution in [3.8, 4) is 5.75 Å². The lowest BCUT2D eigenvalue weighted by Crippen LogP contribution is -2.26. The van der Waals surface area contributed by atoms with Crippen LogP contribution in [0.2, 0.25) is 0 Å². The summed E-state index contributed by atoms with van der Waals surface area (Å²) in [6, 6.07) is 4.43. The van der Waals surface area contributed by atoms with Crippen molar-refractivity contribution in [1.29, 1.82) is 0 Å². The van der Waals surface area contributed by atoms with E-state index in [1.165, 1.54) is 12.1 Å². The number of hydrogen-bond donors (Lipinski definition) is 2. The number of alkyl halides is 3. The summed E-state index contributed by atoms with van der Waals surface area (Å²) in [6.45, 7) is 1.77. The summed E-state index contributed by atoms with van der Waals surface area (Å²) < 4.78 is 39.8. The Labute approximate surface area is 118 Å². The smallest absolute Gasteiger partial charge is 0.406 e. The molecule has 1 atom stereocenters. The van der Waals surface area contributed by atoms with Crippen LogP contribution in [-0.2, 0) is 0 Å². The SMILES string of the molecule is CC(NC(=O)c1ccc(OC(F)(F)F)cc1)c1cn[nH]c1. The quantitative estimate of drug-likeness (QED) is 0.912. The Morgan fingerprint density at radius 2 is 2.00 bits per heavy atom. The highest BCUT2D eigenvalue weighted by atomic mass is 19.4. The van der Waals surface area contributed by atoms with E-state index in [0.29, 0.717) is 0 Å². The molecular weight excluding hydrogens is 287 g/mol. The van der Waals surface area contributed by atoms with E-state index in [2.05, 4.69) is 20.3 Å². The first-order valence-electron chi connectivity index (χ1n) is 6.00. The lowest BCUT2D eigenvalue weighted by molar-refractivity contribution is -0.274. The van der Waals surface area contributed by atoms with Gasteiger partial charge >= 0.3 is 6.36 Å². The number of hydrogen-bond acceptors (Lipinski definition) is 3. The van der Waals surface area contributed by atoms with E-state index in [-0.39, 0.29) is 17.4 Å². The minimum Gasteiger partial charge on any atom is -0.406 e. The molecule has 0 saturated heterocycles. The van der Waals surface area contributed by atoms with E-state index in [1.807, 2.05) is 0 Å². The van der Waals surface area contributed by atoms with E-state index in [4.69, 9.17) is 0 Å². The molecule has 0 spiro atoms. The molecule has 0 aliphatic rings. The maximum atomic E-state index is 12.0. The highest BCUT2D eigenvalue weighted by molar-refractivity contribution is 5.94. The molecule has 1 aromatic carbocycles. The molecule has 1 unspecified atom stereocenters. The van der Waals surface area contributed by atoms with Crippen molar-refractivity contribution in [2.24, 2.45) is 0 Å². The first-order chi connectivity index (χ1) is 9.85. The summed E-state index contributed by atoms with van der Waals surface area (Å²) in [7, 11) is 0. The Morgan fingerprint density at radius 1 is 1.33 bits per heavy atom. The number of nitrogens with zero attached hydrogens (tertiary/aromatic N) is 1. The van der Waals surface area contributed by atoms with E-state index in [0.717, 1.165) is 17.7 Å². The van der Waals surface area contributed by atoms with Crippen LogP contribution >= 0.6 is 0 Å². The van der Waals surface area contributed by atoms with Gasteiger partial charge in [0.2, 0.25) is 0 Å². The Bertz CT molecular complexity index is 594. The minimum atomic E-state index is -4.75. The van der Waals surface area contributed by atoms with Crippen LogP contribution in [0.1, 0.15) is 28.9 Å². The lowest BCUT2D eigenvalue weighted by Gasteiger charge is -2.13. The van der Waals surface area contributed by atoms with Crippen molar-refractivity contribution < 1.29 is 22.7 Å². The number of benzene rings is 1. The Hall–Kier alpha value is -2.51. The number of carbonyl (C=O) groups is 1. The van der Waals surface area contributed by atoms with E-state index in [9.17, 15) is 18.0 Å². The minimum absolute atomic E-state index is 0.236. The molecule has 1 amide bonds. The molecule has 2 rings (SSSR count). The molecule has 0 radical (unpaired) electrons. The van der Waals surface area contributed by atoms with Gasteiger partial charge in [0.05, 0.1) is 12.2 Å². The van der Waals surface area contributed by atoms with Gasteiger partial charge in [-0.05, 0) is 31.2 Å². The molecule has 2 aromatic rings. The van der Waals surface area contributed by atoms with Gasteiger partial charge in [0.15, 0.2) is 0 Å². The van der Waals surface area contributed by atoms with Gasteiger partial charge in [-0.25, -0.2) is 0 Å². The van der Waals surface area contributed by atoms with Crippen LogP contribution < -0.4 is 10.1 Å². The van der Waals surface area contributed by atoms with Gasteiger partial charge in [-0.15, -0.1) is 13.2 Å². The largest absolute Gasteiger partial charge is 0.573 e. The molecule has 5 nitrogen and oxygen atoms in total. The van der Waals surface area contributed by atoms with Crippen LogP contribution in [0.15, 0.2) is 36.7 Å². The van der Waals surface area contributed by atoms with Gasteiger partial charge in [0.25, 0.3) is 5.91 Å². The third-order valence-electron chi connectivity index (χ3n) is 2.72. The van der Waals surface area contributed by atoms with Crippen molar-refractivity contribution in [3.63, 3.8) is 0 Å². The first kappa shape index (κ1) is 14.9. The topological polar surface area (TPSA) is 67.0 Å². The van der Waals surface area contributed by atoms with Gasteiger partial charge in [0, 0.05) is 17.3 Å². The van der Waals surface area contributed by atoms with Crippen LogP contribution in [0.4, 0.5) is 13.2 Å². The summed E-state index contributed by atoms with van der Waals surface area (Å²) >= 11 is 0.